The van der Waals surface area contributed by atoms with Crippen molar-refractivity contribution in [2.24, 2.45) is 0 Å². The third-order valence-corrected chi connectivity index (χ3v) is 5.53. The largest absolute Gasteiger partial charge is 0.497 e. The molecule has 0 bridgehead atoms. The number of rotatable bonds is 6. The number of nitrogens with zero attached hydrogens (tertiary/aromatic N) is 1. The minimum absolute atomic E-state index is 0.0881. The minimum Gasteiger partial charge on any atom is -0.497 e. The van der Waals surface area contributed by atoms with Gasteiger partial charge in [-0.1, -0.05) is 25.1 Å². The van der Waals surface area contributed by atoms with E-state index in [1.807, 2.05) is 31.2 Å². The standard InChI is InChI=1S/C26H25FN2O4/c1-3-23-26(31)29(15-17-7-10-22(32-2)11-8-17)16-19-14-21(9-12-24(19)33-23)28-25(30)18-5-4-6-20(27)13-18/h4-14,23H,3,15-16H2,1-2H3,(H,28,30)/t23-/m1/s1. The topological polar surface area (TPSA) is 67.9 Å². The Hall–Kier alpha value is -3.87. The first-order chi connectivity index (χ1) is 16.0. The number of carbonyl (C=O) groups excluding carboxylic acids is 2. The van der Waals surface area contributed by atoms with Crippen LogP contribution in [0.2, 0.25) is 0 Å². The van der Waals surface area contributed by atoms with Gasteiger partial charge in [0.1, 0.15) is 17.3 Å². The summed E-state index contributed by atoms with van der Waals surface area (Å²) >= 11 is 0. The molecule has 0 aromatic heterocycles. The van der Waals surface area contributed by atoms with Crippen molar-refractivity contribution in [3.63, 3.8) is 0 Å². The normalized spacial score (nSPS) is 15.3. The highest BCUT2D eigenvalue weighted by Crippen LogP contribution is 2.30. The number of ether oxygens (including phenoxy) is 2. The van der Waals surface area contributed by atoms with Crippen molar-refractivity contribution in [1.29, 1.82) is 0 Å². The Morgan fingerprint density at radius 2 is 1.94 bits per heavy atom. The third-order valence-electron chi connectivity index (χ3n) is 5.53. The van der Waals surface area contributed by atoms with Crippen LogP contribution in [0.15, 0.2) is 66.7 Å². The fourth-order valence-corrected chi connectivity index (χ4v) is 3.76. The van der Waals surface area contributed by atoms with Gasteiger partial charge in [0, 0.05) is 29.9 Å². The van der Waals surface area contributed by atoms with Crippen molar-refractivity contribution in [3.05, 3.63) is 89.2 Å². The molecule has 1 aliphatic rings. The highest BCUT2D eigenvalue weighted by molar-refractivity contribution is 6.04. The molecule has 7 heteroatoms. The number of benzene rings is 3. The molecule has 0 fully saturated rings. The molecule has 170 valence electrons. The molecular formula is C26H25FN2O4. The van der Waals surface area contributed by atoms with Crippen LogP contribution in [0.3, 0.4) is 0 Å². The first-order valence-corrected chi connectivity index (χ1v) is 10.7. The predicted octanol–water partition coefficient (Wildman–Crippen LogP) is 4.79. The smallest absolute Gasteiger partial charge is 0.264 e. The molecule has 0 radical (unpaired) electrons. The average Bonchev–Trinajstić information content (AvgIpc) is 2.95. The summed E-state index contributed by atoms with van der Waals surface area (Å²) in [6.07, 6.45) is -0.0487. The van der Waals surface area contributed by atoms with E-state index in [1.165, 1.54) is 18.2 Å². The quantitative estimate of drug-likeness (QED) is 0.589. The van der Waals surface area contributed by atoms with Gasteiger partial charge in [0.05, 0.1) is 7.11 Å². The van der Waals surface area contributed by atoms with Gasteiger partial charge in [-0.15, -0.1) is 0 Å². The fourth-order valence-electron chi connectivity index (χ4n) is 3.76. The number of fused-ring (bicyclic) bond motifs is 1. The number of halogens is 1. The van der Waals surface area contributed by atoms with Gasteiger partial charge in [0.15, 0.2) is 6.10 Å². The zero-order valence-corrected chi connectivity index (χ0v) is 18.5. The van der Waals surface area contributed by atoms with Crippen molar-refractivity contribution in [1.82, 2.24) is 4.90 Å². The lowest BCUT2D eigenvalue weighted by molar-refractivity contribution is -0.139. The summed E-state index contributed by atoms with van der Waals surface area (Å²) in [4.78, 5) is 27.4. The van der Waals surface area contributed by atoms with Crippen LogP contribution < -0.4 is 14.8 Å². The van der Waals surface area contributed by atoms with Crippen LogP contribution in [0.25, 0.3) is 0 Å². The molecule has 1 heterocycles. The van der Waals surface area contributed by atoms with E-state index in [1.54, 1.807) is 36.3 Å². The van der Waals surface area contributed by atoms with Crippen LogP contribution in [-0.4, -0.2) is 29.9 Å². The van der Waals surface area contributed by atoms with Gasteiger partial charge in [0.2, 0.25) is 0 Å². The maximum Gasteiger partial charge on any atom is 0.264 e. The van der Waals surface area contributed by atoms with Gasteiger partial charge >= 0.3 is 0 Å². The maximum absolute atomic E-state index is 13.5. The number of methoxy groups -OCH3 is 1. The summed E-state index contributed by atoms with van der Waals surface area (Å²) in [5, 5.41) is 2.79. The van der Waals surface area contributed by atoms with E-state index >= 15 is 0 Å². The van der Waals surface area contributed by atoms with Crippen molar-refractivity contribution in [3.8, 4) is 11.5 Å². The van der Waals surface area contributed by atoms with E-state index in [-0.39, 0.29) is 11.5 Å². The van der Waals surface area contributed by atoms with Gasteiger partial charge in [-0.2, -0.15) is 0 Å². The molecule has 2 amide bonds. The fraction of sp³-hybridized carbons (Fsp3) is 0.231. The monoisotopic (exact) mass is 448 g/mol. The Labute approximate surface area is 191 Å². The van der Waals surface area contributed by atoms with E-state index in [9.17, 15) is 14.0 Å². The molecule has 33 heavy (non-hydrogen) atoms. The summed E-state index contributed by atoms with van der Waals surface area (Å²) in [5.41, 5.74) is 2.52. The Morgan fingerprint density at radius 3 is 2.64 bits per heavy atom. The second kappa shape index (κ2) is 9.73. The van der Waals surface area contributed by atoms with Crippen molar-refractivity contribution < 1.29 is 23.5 Å². The van der Waals surface area contributed by atoms with Crippen LogP contribution in [0, 0.1) is 5.82 Å². The Balaban J connectivity index is 1.57. The van der Waals surface area contributed by atoms with Gasteiger partial charge in [-0.25, -0.2) is 4.39 Å². The van der Waals surface area contributed by atoms with E-state index in [0.29, 0.717) is 30.9 Å². The van der Waals surface area contributed by atoms with Gasteiger partial charge in [-0.05, 0) is 60.5 Å². The second-order valence-corrected chi connectivity index (χ2v) is 7.84. The predicted molar refractivity (Wildman–Crippen MR) is 123 cm³/mol. The second-order valence-electron chi connectivity index (χ2n) is 7.84. The molecule has 3 aromatic rings. The molecule has 0 spiro atoms. The van der Waals surface area contributed by atoms with Gasteiger partial charge in [0.25, 0.3) is 11.8 Å². The Bertz CT molecular complexity index is 1160. The van der Waals surface area contributed by atoms with Gasteiger partial charge in [-0.3, -0.25) is 9.59 Å². The van der Waals surface area contributed by atoms with E-state index in [0.717, 1.165) is 16.9 Å². The molecule has 0 saturated carbocycles. The number of nitrogens with one attached hydrogen (secondary N) is 1. The molecule has 6 nitrogen and oxygen atoms in total. The number of carbonyl (C=O) groups is 2. The molecule has 1 atom stereocenters. The van der Waals surface area contributed by atoms with Crippen molar-refractivity contribution in [2.45, 2.75) is 32.5 Å². The van der Waals surface area contributed by atoms with E-state index in [4.69, 9.17) is 9.47 Å². The molecule has 4 rings (SSSR count). The first kappa shape index (κ1) is 22.3. The highest BCUT2D eigenvalue weighted by atomic mass is 19.1. The molecule has 1 aliphatic heterocycles. The molecule has 0 aliphatic carbocycles. The van der Waals surface area contributed by atoms with E-state index < -0.39 is 17.8 Å². The Morgan fingerprint density at radius 1 is 1.15 bits per heavy atom. The summed E-state index contributed by atoms with van der Waals surface area (Å²) < 4.78 is 24.7. The maximum atomic E-state index is 13.5. The minimum atomic E-state index is -0.586. The van der Waals surface area contributed by atoms with Crippen molar-refractivity contribution >= 4 is 17.5 Å². The molecule has 1 N–H and O–H groups in total. The number of anilines is 1. The zero-order chi connectivity index (χ0) is 23.4. The average molecular weight is 448 g/mol. The summed E-state index contributed by atoms with van der Waals surface area (Å²) in [6.45, 7) is 2.66. The van der Waals surface area contributed by atoms with Crippen LogP contribution in [0.4, 0.5) is 10.1 Å². The zero-order valence-electron chi connectivity index (χ0n) is 18.5. The number of amides is 2. The number of hydrogen-bond acceptors (Lipinski definition) is 4. The molecule has 3 aromatic carbocycles. The summed E-state index contributed by atoms with van der Waals surface area (Å²) in [5.74, 6) is 0.378. The molecule has 0 saturated heterocycles. The third kappa shape index (κ3) is 5.14. The first-order valence-electron chi connectivity index (χ1n) is 10.7. The summed E-state index contributed by atoms with van der Waals surface area (Å²) in [6, 6.07) is 18.3. The molecular weight excluding hydrogens is 423 g/mol. The van der Waals surface area contributed by atoms with Crippen LogP contribution in [0.1, 0.15) is 34.8 Å². The van der Waals surface area contributed by atoms with Crippen LogP contribution in [-0.2, 0) is 17.9 Å². The lowest BCUT2D eigenvalue weighted by Gasteiger charge is -2.23. The summed E-state index contributed by atoms with van der Waals surface area (Å²) in [7, 11) is 1.61. The van der Waals surface area contributed by atoms with E-state index in [2.05, 4.69) is 5.32 Å². The van der Waals surface area contributed by atoms with Gasteiger partial charge < -0.3 is 19.7 Å². The Kier molecular flexibility index (Phi) is 6.58. The molecule has 0 unspecified atom stereocenters. The van der Waals surface area contributed by atoms with Crippen molar-refractivity contribution in [2.75, 3.05) is 12.4 Å². The SMILES string of the molecule is CC[C@H]1Oc2ccc(NC(=O)c3cccc(F)c3)cc2CN(Cc2ccc(OC)cc2)C1=O. The lowest BCUT2D eigenvalue weighted by atomic mass is 10.1. The number of hydrogen-bond donors (Lipinski definition) is 1. The highest BCUT2D eigenvalue weighted by Gasteiger charge is 2.30. The lowest BCUT2D eigenvalue weighted by Crippen LogP contribution is -2.38. The van der Waals surface area contributed by atoms with Crippen LogP contribution >= 0.6 is 0 Å². The van der Waals surface area contributed by atoms with Crippen LogP contribution in [0.5, 0.6) is 11.5 Å².